The Morgan fingerprint density at radius 1 is 1.28 bits per heavy atom. The number of rotatable bonds is 7. The molecule has 1 aromatic carbocycles. The molecule has 0 saturated carbocycles. The van der Waals surface area contributed by atoms with Crippen molar-refractivity contribution in [3.05, 3.63) is 45.7 Å². The van der Waals surface area contributed by atoms with Gasteiger partial charge in [-0.25, -0.2) is 4.68 Å². The van der Waals surface area contributed by atoms with Crippen molar-refractivity contribution in [2.75, 3.05) is 18.5 Å². The Hall–Kier alpha value is -2.37. The summed E-state index contributed by atoms with van der Waals surface area (Å²) >= 11 is 11.2. The lowest BCUT2D eigenvalue weighted by atomic mass is 9.97. The van der Waals surface area contributed by atoms with Crippen molar-refractivity contribution < 1.29 is 17.9 Å². The standard InChI is InChI=1S/C20H22ClF3N6OS/c1-2-31-9-3-8-29-18(26-27-19(29)32)15-11-17-25-14(12-4-6-13(21)7-5-12)10-16(20(22,23)24)30(17)28-15/h4-7,11,14,16,25H,2-3,8-10H2,1H3,(H,27,32). The van der Waals surface area contributed by atoms with Gasteiger partial charge in [0, 0.05) is 37.3 Å². The molecule has 0 bridgehead atoms. The number of hydrogen-bond donors (Lipinski definition) is 2. The molecule has 1 aliphatic heterocycles. The van der Waals surface area contributed by atoms with Gasteiger partial charge in [0.25, 0.3) is 0 Å². The highest BCUT2D eigenvalue weighted by atomic mass is 35.5. The molecule has 0 saturated heterocycles. The number of nitrogens with one attached hydrogen (secondary N) is 2. The van der Waals surface area contributed by atoms with Gasteiger partial charge >= 0.3 is 6.18 Å². The molecular weight excluding hydrogens is 465 g/mol. The van der Waals surface area contributed by atoms with Crippen LogP contribution in [0.15, 0.2) is 30.3 Å². The predicted octanol–water partition coefficient (Wildman–Crippen LogP) is 5.54. The number of hydrogen-bond acceptors (Lipinski definition) is 5. The smallest absolute Gasteiger partial charge is 0.382 e. The molecule has 32 heavy (non-hydrogen) atoms. The molecule has 12 heteroatoms. The number of fused-ring (bicyclic) bond motifs is 1. The highest BCUT2D eigenvalue weighted by molar-refractivity contribution is 7.71. The van der Waals surface area contributed by atoms with Gasteiger partial charge in [0.05, 0.1) is 6.04 Å². The highest BCUT2D eigenvalue weighted by Gasteiger charge is 2.46. The second-order valence-electron chi connectivity index (χ2n) is 7.46. The van der Waals surface area contributed by atoms with Crippen LogP contribution in [0.1, 0.15) is 37.4 Å². The molecule has 2 N–H and O–H groups in total. The van der Waals surface area contributed by atoms with Gasteiger partial charge in [-0.05, 0) is 43.3 Å². The molecule has 172 valence electrons. The summed E-state index contributed by atoms with van der Waals surface area (Å²) < 4.78 is 50.3. The summed E-state index contributed by atoms with van der Waals surface area (Å²) in [7, 11) is 0. The van der Waals surface area contributed by atoms with Gasteiger partial charge in [0.1, 0.15) is 11.5 Å². The molecule has 2 aromatic heterocycles. The number of nitrogens with zero attached hydrogens (tertiary/aromatic N) is 4. The average molecular weight is 487 g/mol. The Labute approximate surface area is 192 Å². The summed E-state index contributed by atoms with van der Waals surface area (Å²) in [5.41, 5.74) is 1.03. The molecular formula is C20H22ClF3N6OS. The van der Waals surface area contributed by atoms with E-state index in [9.17, 15) is 13.2 Å². The monoisotopic (exact) mass is 486 g/mol. The molecule has 2 unspecified atom stereocenters. The first-order valence-electron chi connectivity index (χ1n) is 10.2. The first-order valence-corrected chi connectivity index (χ1v) is 11.0. The maximum absolute atomic E-state index is 13.9. The second kappa shape index (κ2) is 9.24. The number of H-pyrrole nitrogens is 1. The lowest BCUT2D eigenvalue weighted by Crippen LogP contribution is -2.35. The Morgan fingerprint density at radius 3 is 2.72 bits per heavy atom. The van der Waals surface area contributed by atoms with Crippen LogP contribution in [-0.4, -0.2) is 43.9 Å². The first-order chi connectivity index (χ1) is 15.3. The van der Waals surface area contributed by atoms with E-state index in [2.05, 4.69) is 20.6 Å². The summed E-state index contributed by atoms with van der Waals surface area (Å²) in [5.74, 6) is 0.655. The molecule has 2 atom stereocenters. The van der Waals surface area contributed by atoms with E-state index in [1.807, 2.05) is 6.92 Å². The predicted molar refractivity (Wildman–Crippen MR) is 117 cm³/mol. The molecule has 3 aromatic rings. The normalized spacial score (nSPS) is 18.4. The molecule has 0 fully saturated rings. The van der Waals surface area contributed by atoms with Crippen molar-refractivity contribution in [2.45, 2.75) is 44.6 Å². The van der Waals surface area contributed by atoms with Gasteiger partial charge in [-0.3, -0.25) is 9.67 Å². The maximum atomic E-state index is 13.9. The molecule has 0 spiro atoms. The minimum atomic E-state index is -4.47. The third-order valence-corrected chi connectivity index (χ3v) is 5.89. The van der Waals surface area contributed by atoms with Crippen LogP contribution in [0.25, 0.3) is 11.5 Å². The molecule has 7 nitrogen and oxygen atoms in total. The van der Waals surface area contributed by atoms with Crippen LogP contribution >= 0.6 is 23.8 Å². The summed E-state index contributed by atoms with van der Waals surface area (Å²) in [4.78, 5) is 0. The topological polar surface area (TPSA) is 72.7 Å². The molecule has 0 radical (unpaired) electrons. The average Bonchev–Trinajstić information content (AvgIpc) is 3.33. The van der Waals surface area contributed by atoms with Crippen LogP contribution in [0.5, 0.6) is 0 Å². The Bertz CT molecular complexity index is 1120. The Kier molecular flexibility index (Phi) is 6.59. The molecule has 0 aliphatic carbocycles. The molecule has 4 rings (SSSR count). The van der Waals surface area contributed by atoms with Gasteiger partial charge in [0.15, 0.2) is 16.6 Å². The minimum absolute atomic E-state index is 0.194. The number of anilines is 1. The van der Waals surface area contributed by atoms with Gasteiger partial charge in [-0.15, -0.1) is 0 Å². The fourth-order valence-corrected chi connectivity index (χ4v) is 4.14. The summed E-state index contributed by atoms with van der Waals surface area (Å²) in [5, 5.41) is 14.9. The molecule has 3 heterocycles. The van der Waals surface area contributed by atoms with Gasteiger partial charge in [-0.1, -0.05) is 23.7 Å². The zero-order valence-electron chi connectivity index (χ0n) is 17.2. The van der Waals surface area contributed by atoms with Crippen LogP contribution in [0.2, 0.25) is 5.02 Å². The van der Waals surface area contributed by atoms with Crippen molar-refractivity contribution in [3.63, 3.8) is 0 Å². The van der Waals surface area contributed by atoms with E-state index in [4.69, 9.17) is 28.6 Å². The number of aromatic nitrogens is 5. The lowest BCUT2D eigenvalue weighted by Gasteiger charge is -2.33. The van der Waals surface area contributed by atoms with E-state index in [1.165, 1.54) is 0 Å². The summed E-state index contributed by atoms with van der Waals surface area (Å²) in [6.45, 7) is 3.57. The molecule has 1 aliphatic rings. The largest absolute Gasteiger partial charge is 0.410 e. The van der Waals surface area contributed by atoms with E-state index in [0.717, 1.165) is 10.2 Å². The summed E-state index contributed by atoms with van der Waals surface area (Å²) in [6, 6.07) is 6.04. The van der Waals surface area contributed by atoms with Gasteiger partial charge in [-0.2, -0.15) is 23.4 Å². The van der Waals surface area contributed by atoms with Crippen LogP contribution in [0.4, 0.5) is 19.0 Å². The fourth-order valence-electron chi connectivity index (χ4n) is 3.79. The Balaban J connectivity index is 1.67. The number of aromatic amines is 1. The van der Waals surface area contributed by atoms with Crippen molar-refractivity contribution in [1.29, 1.82) is 0 Å². The number of ether oxygens (including phenoxy) is 1. The van der Waals surface area contributed by atoms with Crippen molar-refractivity contribution in [3.8, 4) is 11.5 Å². The maximum Gasteiger partial charge on any atom is 0.410 e. The van der Waals surface area contributed by atoms with Crippen molar-refractivity contribution in [1.82, 2.24) is 24.5 Å². The quantitative estimate of drug-likeness (QED) is 0.338. The third-order valence-electron chi connectivity index (χ3n) is 5.32. The van der Waals surface area contributed by atoms with Crippen LogP contribution in [0, 0.1) is 4.77 Å². The zero-order chi connectivity index (χ0) is 22.9. The fraction of sp³-hybridized carbons (Fsp3) is 0.450. The van der Waals surface area contributed by atoms with Gasteiger partial charge < -0.3 is 10.1 Å². The third kappa shape index (κ3) is 4.69. The lowest BCUT2D eigenvalue weighted by molar-refractivity contribution is -0.173. The SMILES string of the molecule is CCOCCCn1c(-c2cc3n(n2)C(C(F)(F)F)CC(c2ccc(Cl)cc2)N3)n[nH]c1=S. The number of alkyl halides is 3. The molecule has 0 amide bonds. The van der Waals surface area contributed by atoms with E-state index in [1.54, 1.807) is 34.9 Å². The van der Waals surface area contributed by atoms with E-state index < -0.39 is 18.3 Å². The van der Waals surface area contributed by atoms with Crippen LogP contribution in [-0.2, 0) is 11.3 Å². The zero-order valence-corrected chi connectivity index (χ0v) is 18.8. The highest BCUT2D eigenvalue weighted by Crippen LogP contribution is 2.44. The first kappa shape index (κ1) is 22.8. The van der Waals surface area contributed by atoms with Gasteiger partial charge in [0.2, 0.25) is 0 Å². The summed E-state index contributed by atoms with van der Waals surface area (Å²) in [6.07, 6.45) is -3.97. The van der Waals surface area contributed by atoms with E-state index in [-0.39, 0.29) is 12.2 Å². The number of benzene rings is 1. The number of halogens is 4. The minimum Gasteiger partial charge on any atom is -0.382 e. The van der Waals surface area contributed by atoms with E-state index in [0.29, 0.717) is 47.5 Å². The van der Waals surface area contributed by atoms with Crippen molar-refractivity contribution in [2.24, 2.45) is 0 Å². The van der Waals surface area contributed by atoms with Crippen molar-refractivity contribution >= 4 is 29.6 Å². The van der Waals surface area contributed by atoms with E-state index >= 15 is 0 Å². The van der Waals surface area contributed by atoms with Crippen LogP contribution in [0.3, 0.4) is 0 Å². The second-order valence-corrected chi connectivity index (χ2v) is 8.28. The Morgan fingerprint density at radius 2 is 2.03 bits per heavy atom. The van der Waals surface area contributed by atoms with Crippen LogP contribution < -0.4 is 5.32 Å².